The number of hydrazine groups is 1. The van der Waals surface area contributed by atoms with Crippen LogP contribution in [0.15, 0.2) is 48.5 Å². The number of amides is 3. The van der Waals surface area contributed by atoms with Crippen molar-refractivity contribution in [3.63, 3.8) is 0 Å². The molecule has 220 valence electrons. The van der Waals surface area contributed by atoms with Gasteiger partial charge in [0.1, 0.15) is 12.4 Å². The molecule has 3 aliphatic heterocycles. The highest BCUT2D eigenvalue weighted by atomic mass is 19.1. The number of nitrogens with zero attached hydrogens (tertiary/aromatic N) is 3. The minimum atomic E-state index is -0.511. The molecule has 10 nitrogen and oxygen atoms in total. The van der Waals surface area contributed by atoms with Crippen LogP contribution in [0, 0.1) is 11.7 Å². The first-order valence-electron chi connectivity index (χ1n) is 14.4. The van der Waals surface area contributed by atoms with Crippen LogP contribution in [0.2, 0.25) is 0 Å². The average molecular weight is 567 g/mol. The quantitative estimate of drug-likeness (QED) is 0.329. The van der Waals surface area contributed by atoms with Crippen molar-refractivity contribution >= 4 is 23.6 Å². The molecule has 2 atom stereocenters. The van der Waals surface area contributed by atoms with E-state index in [1.807, 2.05) is 40.2 Å². The summed E-state index contributed by atoms with van der Waals surface area (Å²) >= 11 is 0. The lowest BCUT2D eigenvalue weighted by atomic mass is 9.89. The van der Waals surface area contributed by atoms with Crippen LogP contribution in [-0.2, 0) is 20.9 Å². The summed E-state index contributed by atoms with van der Waals surface area (Å²) in [6, 6.07) is 14.5. The zero-order valence-corrected chi connectivity index (χ0v) is 23.3. The standard InChI is InChI=1S/C30H39FN6O4/c31-25-18-23(24-7-9-28(38)34-29(24)39)6-8-27(25)36-16-14-35(15-17-36)19-26(22-10-12-37(32)13-11-22)33-30(40)41-20-21-4-2-1-3-5-21/h1-6,8,18,22,24,26H,7,9-17,19-20,32H2,(H,33,40)(H,34,38,39). The Balaban J connectivity index is 1.16. The predicted molar refractivity (Wildman–Crippen MR) is 152 cm³/mol. The van der Waals surface area contributed by atoms with E-state index in [-0.39, 0.29) is 42.6 Å². The van der Waals surface area contributed by atoms with Gasteiger partial charge in [0.25, 0.3) is 0 Å². The molecule has 0 aliphatic carbocycles. The fourth-order valence-electron chi connectivity index (χ4n) is 6.01. The van der Waals surface area contributed by atoms with Crippen LogP contribution in [0.5, 0.6) is 0 Å². The van der Waals surface area contributed by atoms with Gasteiger partial charge in [-0.2, -0.15) is 0 Å². The van der Waals surface area contributed by atoms with E-state index in [1.54, 1.807) is 12.1 Å². The summed E-state index contributed by atoms with van der Waals surface area (Å²) in [5.74, 6) is 4.74. The van der Waals surface area contributed by atoms with Crippen molar-refractivity contribution in [2.45, 2.75) is 44.2 Å². The second kappa shape index (κ2) is 13.4. The van der Waals surface area contributed by atoms with E-state index in [0.717, 1.165) is 44.6 Å². The highest BCUT2D eigenvalue weighted by Gasteiger charge is 2.32. The summed E-state index contributed by atoms with van der Waals surface area (Å²) in [5.41, 5.74) is 2.03. The van der Waals surface area contributed by atoms with E-state index in [0.29, 0.717) is 37.3 Å². The molecule has 41 heavy (non-hydrogen) atoms. The number of carbonyl (C=O) groups is 3. The molecule has 3 saturated heterocycles. The van der Waals surface area contributed by atoms with Gasteiger partial charge in [0.15, 0.2) is 0 Å². The lowest BCUT2D eigenvalue weighted by molar-refractivity contribution is -0.134. The normalized spacial score (nSPS) is 21.8. The maximum absolute atomic E-state index is 15.2. The summed E-state index contributed by atoms with van der Waals surface area (Å²) in [7, 11) is 0. The number of nitrogens with one attached hydrogen (secondary N) is 2. The highest BCUT2D eigenvalue weighted by molar-refractivity contribution is 6.00. The van der Waals surface area contributed by atoms with E-state index in [1.165, 1.54) is 6.07 Å². The van der Waals surface area contributed by atoms with Gasteiger partial charge in [-0.25, -0.2) is 14.2 Å². The predicted octanol–water partition coefficient (Wildman–Crippen LogP) is 2.35. The molecule has 3 heterocycles. The third kappa shape index (κ3) is 7.60. The number of hydrogen-bond donors (Lipinski definition) is 3. The summed E-state index contributed by atoms with van der Waals surface area (Å²) in [6.45, 7) is 5.19. The van der Waals surface area contributed by atoms with Crippen molar-refractivity contribution in [3.05, 3.63) is 65.5 Å². The van der Waals surface area contributed by atoms with Crippen molar-refractivity contribution in [3.8, 4) is 0 Å². The van der Waals surface area contributed by atoms with Gasteiger partial charge in [-0.1, -0.05) is 36.4 Å². The number of carbonyl (C=O) groups excluding carboxylic acids is 3. The Bertz CT molecular complexity index is 1210. The van der Waals surface area contributed by atoms with Crippen molar-refractivity contribution in [2.75, 3.05) is 50.7 Å². The minimum Gasteiger partial charge on any atom is -0.445 e. The lowest BCUT2D eigenvalue weighted by Gasteiger charge is -2.40. The molecular weight excluding hydrogens is 527 g/mol. The molecule has 2 aromatic rings. The molecule has 2 unspecified atom stereocenters. The number of anilines is 1. The SMILES string of the molecule is NN1CCC(C(CN2CCN(c3ccc(C4CCC(=O)NC4=O)cc3F)CC2)NC(=O)OCc2ccccc2)CC1. The average Bonchev–Trinajstić information content (AvgIpc) is 2.97. The van der Waals surface area contributed by atoms with Gasteiger partial charge >= 0.3 is 6.09 Å². The second-order valence-electron chi connectivity index (χ2n) is 11.2. The molecule has 11 heteroatoms. The smallest absolute Gasteiger partial charge is 0.407 e. The van der Waals surface area contributed by atoms with Gasteiger partial charge in [-0.3, -0.25) is 25.6 Å². The molecule has 4 N–H and O–H groups in total. The number of ether oxygens (including phenoxy) is 1. The minimum absolute atomic E-state index is 0.0805. The number of benzene rings is 2. The maximum Gasteiger partial charge on any atom is 0.407 e. The zero-order valence-electron chi connectivity index (χ0n) is 23.3. The topological polar surface area (TPSA) is 120 Å². The Kier molecular flexibility index (Phi) is 9.48. The molecule has 0 radical (unpaired) electrons. The van der Waals surface area contributed by atoms with Crippen LogP contribution in [0.1, 0.15) is 42.7 Å². The molecule has 5 rings (SSSR count). The molecule has 3 aliphatic rings. The number of piperazine rings is 1. The van der Waals surface area contributed by atoms with Crippen molar-refractivity contribution in [2.24, 2.45) is 11.8 Å². The van der Waals surface area contributed by atoms with Crippen LogP contribution in [-0.4, -0.2) is 79.7 Å². The van der Waals surface area contributed by atoms with Crippen LogP contribution in [0.25, 0.3) is 0 Å². The lowest BCUT2D eigenvalue weighted by Crippen LogP contribution is -2.55. The maximum atomic E-state index is 15.2. The van der Waals surface area contributed by atoms with E-state index >= 15 is 4.39 Å². The summed E-state index contributed by atoms with van der Waals surface area (Å²) < 4.78 is 20.7. The van der Waals surface area contributed by atoms with Crippen LogP contribution < -0.4 is 21.4 Å². The van der Waals surface area contributed by atoms with E-state index in [2.05, 4.69) is 15.5 Å². The molecule has 0 saturated carbocycles. The Hall–Kier alpha value is -3.54. The van der Waals surface area contributed by atoms with Gasteiger partial charge in [0, 0.05) is 58.3 Å². The fraction of sp³-hybridized carbons (Fsp3) is 0.500. The molecule has 0 spiro atoms. The largest absolute Gasteiger partial charge is 0.445 e. The van der Waals surface area contributed by atoms with E-state index in [9.17, 15) is 14.4 Å². The Morgan fingerprint density at radius 2 is 1.76 bits per heavy atom. The van der Waals surface area contributed by atoms with Gasteiger partial charge in [-0.15, -0.1) is 0 Å². The summed E-state index contributed by atoms with van der Waals surface area (Å²) in [4.78, 5) is 40.7. The molecule has 3 amide bonds. The fourth-order valence-corrected chi connectivity index (χ4v) is 6.01. The van der Waals surface area contributed by atoms with Gasteiger partial charge in [-0.05, 0) is 48.4 Å². The van der Waals surface area contributed by atoms with Crippen LogP contribution >= 0.6 is 0 Å². The van der Waals surface area contributed by atoms with E-state index < -0.39 is 12.0 Å². The van der Waals surface area contributed by atoms with Crippen molar-refractivity contribution < 1.29 is 23.5 Å². The summed E-state index contributed by atoms with van der Waals surface area (Å²) in [6.07, 6.45) is 2.01. The molecule has 0 bridgehead atoms. The first-order chi connectivity index (χ1) is 19.9. The third-order valence-electron chi connectivity index (χ3n) is 8.44. The van der Waals surface area contributed by atoms with Crippen molar-refractivity contribution in [1.29, 1.82) is 0 Å². The number of rotatable bonds is 8. The van der Waals surface area contributed by atoms with Gasteiger partial charge in [0.2, 0.25) is 11.8 Å². The van der Waals surface area contributed by atoms with Crippen LogP contribution in [0.3, 0.4) is 0 Å². The Morgan fingerprint density at radius 1 is 1.02 bits per heavy atom. The van der Waals surface area contributed by atoms with Gasteiger partial charge < -0.3 is 15.0 Å². The Labute approximate surface area is 239 Å². The molecule has 0 aromatic heterocycles. The second-order valence-corrected chi connectivity index (χ2v) is 11.2. The Morgan fingerprint density at radius 3 is 2.44 bits per heavy atom. The molecule has 3 fully saturated rings. The monoisotopic (exact) mass is 566 g/mol. The van der Waals surface area contributed by atoms with Crippen molar-refractivity contribution in [1.82, 2.24) is 20.5 Å². The molecular formula is C30H39FN6O4. The number of imide groups is 1. The van der Waals surface area contributed by atoms with Crippen LogP contribution in [0.4, 0.5) is 14.9 Å². The number of nitrogens with two attached hydrogens (primary N) is 1. The first-order valence-corrected chi connectivity index (χ1v) is 14.4. The molecule has 2 aromatic carbocycles. The number of alkyl carbamates (subject to hydrolysis) is 1. The zero-order chi connectivity index (χ0) is 28.8. The first kappa shape index (κ1) is 29.0. The number of halogens is 1. The number of piperidine rings is 2. The number of hydrogen-bond acceptors (Lipinski definition) is 8. The van der Waals surface area contributed by atoms with E-state index in [4.69, 9.17) is 10.6 Å². The highest BCUT2D eigenvalue weighted by Crippen LogP contribution is 2.30. The summed E-state index contributed by atoms with van der Waals surface area (Å²) in [5, 5.41) is 7.28. The van der Waals surface area contributed by atoms with Gasteiger partial charge in [0.05, 0.1) is 11.6 Å². The third-order valence-corrected chi connectivity index (χ3v) is 8.44.